The summed E-state index contributed by atoms with van der Waals surface area (Å²) in [4.78, 5) is 2.28. The highest BCUT2D eigenvalue weighted by molar-refractivity contribution is 5.48. The first-order valence-corrected chi connectivity index (χ1v) is 7.00. The number of hydrogen-bond acceptors (Lipinski definition) is 5. The summed E-state index contributed by atoms with van der Waals surface area (Å²) in [5.74, 6) is 2.62. The predicted octanol–water partition coefficient (Wildman–Crippen LogP) is 0.800. The highest BCUT2D eigenvalue weighted by Crippen LogP contribution is 2.35. The Morgan fingerprint density at radius 2 is 2.05 bits per heavy atom. The van der Waals surface area contributed by atoms with Crippen LogP contribution in [0.1, 0.15) is 31.0 Å². The number of hydrogen-bond donors (Lipinski definition) is 1. The third-order valence-corrected chi connectivity index (χ3v) is 4.36. The molecule has 1 saturated carbocycles. The second-order valence-corrected chi connectivity index (χ2v) is 5.54. The van der Waals surface area contributed by atoms with Gasteiger partial charge in [0.25, 0.3) is 0 Å². The van der Waals surface area contributed by atoms with Crippen molar-refractivity contribution in [2.45, 2.75) is 31.2 Å². The number of likely N-dealkylation sites (N-methyl/N-ethyl adjacent to an activating group) is 1. The minimum atomic E-state index is 0.555. The molecule has 0 unspecified atom stereocenters. The van der Waals surface area contributed by atoms with Gasteiger partial charge in [-0.2, -0.15) is 4.52 Å². The van der Waals surface area contributed by atoms with E-state index in [4.69, 9.17) is 5.10 Å². The number of rotatable bonds is 3. The van der Waals surface area contributed by atoms with E-state index in [1.807, 2.05) is 23.7 Å². The molecule has 6 nitrogen and oxygen atoms in total. The standard InChI is InChI=1S/C13H18N6/c1-14-10-7-18(8-10)12-6-5-11-15-16-13(19(11)17-12)9-3-2-4-9/h5-6,9-10,14H,2-4,7-8H2,1H3. The van der Waals surface area contributed by atoms with E-state index in [1.165, 1.54) is 19.3 Å². The molecule has 19 heavy (non-hydrogen) atoms. The molecular weight excluding hydrogens is 240 g/mol. The van der Waals surface area contributed by atoms with Crippen molar-refractivity contribution in [3.63, 3.8) is 0 Å². The van der Waals surface area contributed by atoms with E-state index in [1.54, 1.807) is 0 Å². The van der Waals surface area contributed by atoms with Crippen molar-refractivity contribution < 1.29 is 0 Å². The summed E-state index contributed by atoms with van der Waals surface area (Å²) in [6, 6.07) is 4.65. The van der Waals surface area contributed by atoms with Crippen molar-refractivity contribution in [2.75, 3.05) is 25.0 Å². The Morgan fingerprint density at radius 1 is 1.21 bits per heavy atom. The van der Waals surface area contributed by atoms with Gasteiger partial charge in [-0.25, -0.2) is 0 Å². The van der Waals surface area contributed by atoms with Crippen LogP contribution in [0, 0.1) is 0 Å². The average molecular weight is 258 g/mol. The summed E-state index contributed by atoms with van der Waals surface area (Å²) in [5, 5.41) is 16.5. The molecule has 0 bridgehead atoms. The number of nitrogens with zero attached hydrogens (tertiary/aromatic N) is 5. The Hall–Kier alpha value is -1.69. The Morgan fingerprint density at radius 3 is 2.74 bits per heavy atom. The van der Waals surface area contributed by atoms with Crippen LogP contribution in [-0.2, 0) is 0 Å². The zero-order valence-electron chi connectivity index (χ0n) is 11.1. The van der Waals surface area contributed by atoms with Gasteiger partial charge in [0.05, 0.1) is 0 Å². The minimum Gasteiger partial charge on any atom is -0.352 e. The van der Waals surface area contributed by atoms with E-state index in [9.17, 15) is 0 Å². The van der Waals surface area contributed by atoms with Gasteiger partial charge in [-0.1, -0.05) is 6.42 Å². The Kier molecular flexibility index (Phi) is 2.44. The van der Waals surface area contributed by atoms with Crippen molar-refractivity contribution in [1.29, 1.82) is 0 Å². The SMILES string of the molecule is CNC1CN(c2ccc3nnc(C4CCC4)n3n2)C1. The van der Waals surface area contributed by atoms with Crippen LogP contribution in [0.25, 0.3) is 5.65 Å². The second-order valence-electron chi connectivity index (χ2n) is 5.54. The number of aromatic nitrogens is 4. The van der Waals surface area contributed by atoms with Gasteiger partial charge in [-0.3, -0.25) is 0 Å². The van der Waals surface area contributed by atoms with Crippen molar-refractivity contribution >= 4 is 11.5 Å². The fourth-order valence-corrected chi connectivity index (χ4v) is 2.73. The molecule has 1 aliphatic carbocycles. The molecule has 100 valence electrons. The minimum absolute atomic E-state index is 0.555. The zero-order valence-corrected chi connectivity index (χ0v) is 11.1. The van der Waals surface area contributed by atoms with Crippen molar-refractivity contribution in [3.8, 4) is 0 Å². The smallest absolute Gasteiger partial charge is 0.178 e. The molecule has 6 heteroatoms. The molecule has 0 spiro atoms. The average Bonchev–Trinajstić information content (AvgIpc) is 2.69. The molecule has 3 heterocycles. The van der Waals surface area contributed by atoms with Gasteiger partial charge in [-0.15, -0.1) is 15.3 Å². The highest BCUT2D eigenvalue weighted by Gasteiger charge is 2.28. The first-order valence-electron chi connectivity index (χ1n) is 7.00. The number of anilines is 1. The van der Waals surface area contributed by atoms with Crippen LogP contribution in [0.4, 0.5) is 5.82 Å². The fraction of sp³-hybridized carbons (Fsp3) is 0.615. The van der Waals surface area contributed by atoms with Gasteiger partial charge < -0.3 is 10.2 Å². The van der Waals surface area contributed by atoms with E-state index in [0.29, 0.717) is 12.0 Å². The Balaban J connectivity index is 1.66. The van der Waals surface area contributed by atoms with Crippen LogP contribution in [0.2, 0.25) is 0 Å². The van der Waals surface area contributed by atoms with E-state index in [-0.39, 0.29) is 0 Å². The molecule has 0 aromatic carbocycles. The van der Waals surface area contributed by atoms with Gasteiger partial charge >= 0.3 is 0 Å². The lowest BCUT2D eigenvalue weighted by Crippen LogP contribution is -2.57. The van der Waals surface area contributed by atoms with Gasteiger partial charge in [0.15, 0.2) is 11.5 Å². The predicted molar refractivity (Wildman–Crippen MR) is 72.4 cm³/mol. The molecule has 0 atom stereocenters. The summed E-state index contributed by atoms with van der Waals surface area (Å²) in [6.07, 6.45) is 3.74. The lowest BCUT2D eigenvalue weighted by atomic mass is 9.85. The van der Waals surface area contributed by atoms with Crippen LogP contribution in [0.3, 0.4) is 0 Å². The molecule has 1 aliphatic heterocycles. The van der Waals surface area contributed by atoms with E-state index >= 15 is 0 Å². The third kappa shape index (κ3) is 1.70. The first kappa shape index (κ1) is 11.2. The molecule has 2 aliphatic rings. The van der Waals surface area contributed by atoms with Crippen molar-refractivity contribution in [1.82, 2.24) is 25.1 Å². The summed E-state index contributed by atoms with van der Waals surface area (Å²) in [7, 11) is 2.01. The molecule has 0 radical (unpaired) electrons. The summed E-state index contributed by atoms with van der Waals surface area (Å²) in [5.41, 5.74) is 0.858. The van der Waals surface area contributed by atoms with Crippen molar-refractivity contribution in [3.05, 3.63) is 18.0 Å². The molecule has 0 amide bonds. The largest absolute Gasteiger partial charge is 0.352 e. The summed E-state index contributed by atoms with van der Waals surface area (Å²) >= 11 is 0. The molecule has 2 aromatic rings. The van der Waals surface area contributed by atoms with E-state index < -0.39 is 0 Å². The quantitative estimate of drug-likeness (QED) is 0.882. The fourth-order valence-electron chi connectivity index (χ4n) is 2.73. The van der Waals surface area contributed by atoms with Crippen LogP contribution in [0.5, 0.6) is 0 Å². The normalized spacial score (nSPS) is 20.6. The molecule has 1 N–H and O–H groups in total. The Labute approximate surface area is 111 Å². The molecule has 1 saturated heterocycles. The van der Waals surface area contributed by atoms with Gasteiger partial charge in [0.1, 0.15) is 5.82 Å². The number of nitrogens with one attached hydrogen (secondary N) is 1. The maximum absolute atomic E-state index is 4.72. The summed E-state index contributed by atoms with van der Waals surface area (Å²) < 4.78 is 1.94. The Bertz CT molecular complexity index is 596. The van der Waals surface area contributed by atoms with E-state index in [0.717, 1.165) is 30.4 Å². The maximum Gasteiger partial charge on any atom is 0.178 e. The monoisotopic (exact) mass is 258 g/mol. The molecule has 2 fully saturated rings. The second kappa shape index (κ2) is 4.16. The van der Waals surface area contributed by atoms with E-state index in [2.05, 4.69) is 20.4 Å². The van der Waals surface area contributed by atoms with Crippen molar-refractivity contribution in [2.24, 2.45) is 0 Å². The maximum atomic E-state index is 4.72. The van der Waals surface area contributed by atoms with Crippen LogP contribution >= 0.6 is 0 Å². The van der Waals surface area contributed by atoms with Crippen LogP contribution in [0.15, 0.2) is 12.1 Å². The molecule has 4 rings (SSSR count). The molecular formula is C13H18N6. The topological polar surface area (TPSA) is 58.3 Å². The van der Waals surface area contributed by atoms with Crippen LogP contribution < -0.4 is 10.2 Å². The summed E-state index contributed by atoms with van der Waals surface area (Å²) in [6.45, 7) is 2.05. The first-order chi connectivity index (χ1) is 9.35. The van der Waals surface area contributed by atoms with Crippen LogP contribution in [-0.4, -0.2) is 46.0 Å². The van der Waals surface area contributed by atoms with Gasteiger partial charge in [-0.05, 0) is 32.0 Å². The highest BCUT2D eigenvalue weighted by atomic mass is 15.4. The van der Waals surface area contributed by atoms with Gasteiger partial charge in [0.2, 0.25) is 0 Å². The van der Waals surface area contributed by atoms with Gasteiger partial charge in [0, 0.05) is 25.0 Å². The zero-order chi connectivity index (χ0) is 12.8. The third-order valence-electron chi connectivity index (χ3n) is 4.36. The molecule has 2 aromatic heterocycles. The number of fused-ring (bicyclic) bond motifs is 1. The lowest BCUT2D eigenvalue weighted by molar-refractivity contribution is 0.394. The lowest BCUT2D eigenvalue weighted by Gasteiger charge is -2.39.